The van der Waals surface area contributed by atoms with E-state index in [0.717, 1.165) is 25.0 Å². The van der Waals surface area contributed by atoms with Gasteiger partial charge in [0.05, 0.1) is 13.7 Å². The first kappa shape index (κ1) is 13.6. The van der Waals surface area contributed by atoms with Gasteiger partial charge in [-0.15, -0.1) is 0 Å². The van der Waals surface area contributed by atoms with Gasteiger partial charge in [-0.1, -0.05) is 19.1 Å². The van der Waals surface area contributed by atoms with Crippen molar-refractivity contribution in [3.63, 3.8) is 0 Å². The molecule has 1 aromatic rings. The molecule has 0 spiro atoms. The standard InChI is InChI=1S/C14H20O3/c1-3-12-7-9-13(10-8-12)17-11-5-4-6-14(15)16-2/h7-10H,3-6,11H2,1-2H3. The Bertz CT molecular complexity index is 330. The fourth-order valence-electron chi connectivity index (χ4n) is 1.48. The molecule has 0 bridgehead atoms. The lowest BCUT2D eigenvalue weighted by Gasteiger charge is -2.06. The minimum Gasteiger partial charge on any atom is -0.494 e. The summed E-state index contributed by atoms with van der Waals surface area (Å²) in [5.74, 6) is 0.734. The fourth-order valence-corrected chi connectivity index (χ4v) is 1.48. The lowest BCUT2D eigenvalue weighted by molar-refractivity contribution is -0.140. The summed E-state index contributed by atoms with van der Waals surface area (Å²) in [6.07, 6.45) is 3.18. The second-order valence-electron chi connectivity index (χ2n) is 3.88. The highest BCUT2D eigenvalue weighted by atomic mass is 16.5. The van der Waals surface area contributed by atoms with Crippen LogP contribution in [0.5, 0.6) is 5.75 Å². The van der Waals surface area contributed by atoms with E-state index in [1.54, 1.807) is 0 Å². The Morgan fingerprint density at radius 3 is 2.47 bits per heavy atom. The highest BCUT2D eigenvalue weighted by molar-refractivity contribution is 5.68. The average Bonchev–Trinajstić information content (AvgIpc) is 2.38. The fraction of sp³-hybridized carbons (Fsp3) is 0.500. The van der Waals surface area contributed by atoms with Crippen LogP contribution in [0.2, 0.25) is 0 Å². The highest BCUT2D eigenvalue weighted by Crippen LogP contribution is 2.13. The van der Waals surface area contributed by atoms with Crippen molar-refractivity contribution >= 4 is 5.97 Å². The molecule has 0 radical (unpaired) electrons. The number of benzene rings is 1. The summed E-state index contributed by atoms with van der Waals surface area (Å²) in [7, 11) is 1.41. The summed E-state index contributed by atoms with van der Waals surface area (Å²) in [5.41, 5.74) is 1.31. The molecule has 0 fully saturated rings. The van der Waals surface area contributed by atoms with Crippen molar-refractivity contribution in [2.75, 3.05) is 13.7 Å². The average molecular weight is 236 g/mol. The van der Waals surface area contributed by atoms with Crippen LogP contribution in [0.4, 0.5) is 0 Å². The van der Waals surface area contributed by atoms with Crippen molar-refractivity contribution in [3.05, 3.63) is 29.8 Å². The van der Waals surface area contributed by atoms with Gasteiger partial charge >= 0.3 is 5.97 Å². The third kappa shape index (κ3) is 5.38. The number of methoxy groups -OCH3 is 1. The lowest BCUT2D eigenvalue weighted by Crippen LogP contribution is -2.02. The van der Waals surface area contributed by atoms with E-state index in [4.69, 9.17) is 4.74 Å². The molecule has 3 heteroatoms. The summed E-state index contributed by atoms with van der Waals surface area (Å²) in [5, 5.41) is 0. The minimum absolute atomic E-state index is 0.155. The van der Waals surface area contributed by atoms with Crippen LogP contribution in [0, 0.1) is 0 Å². The maximum Gasteiger partial charge on any atom is 0.305 e. The molecule has 0 aromatic heterocycles. The van der Waals surface area contributed by atoms with Gasteiger partial charge in [0.25, 0.3) is 0 Å². The summed E-state index contributed by atoms with van der Waals surface area (Å²) >= 11 is 0. The molecular weight excluding hydrogens is 216 g/mol. The van der Waals surface area contributed by atoms with Gasteiger partial charge in [0, 0.05) is 6.42 Å². The Morgan fingerprint density at radius 1 is 1.18 bits per heavy atom. The number of esters is 1. The number of carbonyl (C=O) groups is 1. The molecule has 0 atom stereocenters. The van der Waals surface area contributed by atoms with Gasteiger partial charge in [-0.05, 0) is 37.0 Å². The molecular formula is C14H20O3. The van der Waals surface area contributed by atoms with E-state index in [9.17, 15) is 4.79 Å². The Balaban J connectivity index is 2.15. The Hall–Kier alpha value is -1.51. The van der Waals surface area contributed by atoms with Gasteiger partial charge < -0.3 is 9.47 Å². The van der Waals surface area contributed by atoms with E-state index in [1.807, 2.05) is 12.1 Å². The zero-order chi connectivity index (χ0) is 12.5. The summed E-state index contributed by atoms with van der Waals surface area (Å²) in [6.45, 7) is 2.77. The SMILES string of the molecule is CCc1ccc(OCCCCC(=O)OC)cc1. The highest BCUT2D eigenvalue weighted by Gasteiger charge is 1.99. The van der Waals surface area contributed by atoms with Gasteiger partial charge in [0.15, 0.2) is 0 Å². The van der Waals surface area contributed by atoms with E-state index < -0.39 is 0 Å². The third-order valence-corrected chi connectivity index (χ3v) is 2.60. The molecule has 0 amide bonds. The van der Waals surface area contributed by atoms with Crippen LogP contribution in [0.1, 0.15) is 31.7 Å². The van der Waals surface area contributed by atoms with Crippen LogP contribution in [-0.2, 0) is 16.0 Å². The molecule has 1 rings (SSSR count). The monoisotopic (exact) mass is 236 g/mol. The van der Waals surface area contributed by atoms with Gasteiger partial charge in [-0.25, -0.2) is 0 Å². The largest absolute Gasteiger partial charge is 0.494 e. The maximum absolute atomic E-state index is 10.9. The maximum atomic E-state index is 10.9. The molecule has 0 aliphatic carbocycles. The Morgan fingerprint density at radius 2 is 1.88 bits per heavy atom. The molecule has 0 saturated carbocycles. The van der Waals surface area contributed by atoms with Crippen molar-refractivity contribution in [3.8, 4) is 5.75 Å². The zero-order valence-electron chi connectivity index (χ0n) is 10.6. The molecule has 94 valence electrons. The summed E-state index contributed by atoms with van der Waals surface area (Å²) < 4.78 is 10.1. The molecule has 0 unspecified atom stereocenters. The van der Waals surface area contributed by atoms with Gasteiger partial charge in [-0.3, -0.25) is 4.79 Å². The van der Waals surface area contributed by atoms with Crippen molar-refractivity contribution in [2.45, 2.75) is 32.6 Å². The smallest absolute Gasteiger partial charge is 0.305 e. The van der Waals surface area contributed by atoms with Gasteiger partial charge in [-0.2, -0.15) is 0 Å². The van der Waals surface area contributed by atoms with Crippen LogP contribution in [0.25, 0.3) is 0 Å². The van der Waals surface area contributed by atoms with Crippen LogP contribution >= 0.6 is 0 Å². The second kappa shape index (κ2) is 7.71. The van der Waals surface area contributed by atoms with Crippen molar-refractivity contribution in [2.24, 2.45) is 0 Å². The van der Waals surface area contributed by atoms with E-state index in [0.29, 0.717) is 13.0 Å². The van der Waals surface area contributed by atoms with E-state index in [2.05, 4.69) is 23.8 Å². The predicted molar refractivity (Wildman–Crippen MR) is 67.2 cm³/mol. The van der Waals surface area contributed by atoms with Crippen LogP contribution in [0.15, 0.2) is 24.3 Å². The number of ether oxygens (including phenoxy) is 2. The first-order valence-corrected chi connectivity index (χ1v) is 6.04. The number of hydrogen-bond donors (Lipinski definition) is 0. The van der Waals surface area contributed by atoms with Crippen LogP contribution in [-0.4, -0.2) is 19.7 Å². The number of rotatable bonds is 7. The number of unbranched alkanes of at least 4 members (excludes halogenated alkanes) is 1. The molecule has 3 nitrogen and oxygen atoms in total. The Kier molecular flexibility index (Phi) is 6.15. The molecule has 0 aliphatic heterocycles. The molecule has 0 aliphatic rings. The minimum atomic E-state index is -0.155. The lowest BCUT2D eigenvalue weighted by atomic mass is 10.2. The van der Waals surface area contributed by atoms with E-state index in [-0.39, 0.29) is 5.97 Å². The van der Waals surface area contributed by atoms with E-state index >= 15 is 0 Å². The second-order valence-corrected chi connectivity index (χ2v) is 3.88. The Labute approximate surface area is 103 Å². The van der Waals surface area contributed by atoms with Crippen LogP contribution < -0.4 is 4.74 Å². The predicted octanol–water partition coefficient (Wildman–Crippen LogP) is 2.97. The molecule has 1 aromatic carbocycles. The number of aryl methyl sites for hydroxylation is 1. The van der Waals surface area contributed by atoms with Gasteiger partial charge in [0.2, 0.25) is 0 Å². The normalized spacial score (nSPS) is 10.0. The molecule has 17 heavy (non-hydrogen) atoms. The summed E-state index contributed by atoms with van der Waals surface area (Å²) in [6, 6.07) is 8.12. The first-order chi connectivity index (χ1) is 8.26. The van der Waals surface area contributed by atoms with Crippen molar-refractivity contribution in [1.29, 1.82) is 0 Å². The third-order valence-electron chi connectivity index (χ3n) is 2.60. The first-order valence-electron chi connectivity index (χ1n) is 6.04. The van der Waals surface area contributed by atoms with Crippen molar-refractivity contribution in [1.82, 2.24) is 0 Å². The molecule has 0 heterocycles. The topological polar surface area (TPSA) is 35.5 Å². The molecule has 0 saturated heterocycles. The van der Waals surface area contributed by atoms with E-state index in [1.165, 1.54) is 12.7 Å². The summed E-state index contributed by atoms with van der Waals surface area (Å²) in [4.78, 5) is 10.9. The number of carbonyl (C=O) groups excluding carboxylic acids is 1. The van der Waals surface area contributed by atoms with Gasteiger partial charge in [0.1, 0.15) is 5.75 Å². The quantitative estimate of drug-likeness (QED) is 0.539. The van der Waals surface area contributed by atoms with Crippen molar-refractivity contribution < 1.29 is 14.3 Å². The van der Waals surface area contributed by atoms with Crippen LogP contribution in [0.3, 0.4) is 0 Å². The number of hydrogen-bond acceptors (Lipinski definition) is 3. The molecule has 0 N–H and O–H groups in total. The zero-order valence-corrected chi connectivity index (χ0v) is 10.6.